The lowest BCUT2D eigenvalue weighted by Crippen LogP contribution is -2.44. The van der Waals surface area contributed by atoms with Crippen LogP contribution in [0.5, 0.6) is 0 Å². The van der Waals surface area contributed by atoms with E-state index in [1.807, 2.05) is 6.08 Å². The molecule has 120 valence electrons. The van der Waals surface area contributed by atoms with E-state index in [2.05, 4.69) is 54.6 Å². The first-order chi connectivity index (χ1) is 9.28. The second-order valence-corrected chi connectivity index (χ2v) is 13.3. The molecule has 0 amide bonds. The second kappa shape index (κ2) is 5.84. The molecule has 0 aliphatic heterocycles. The average molecular weight is 309 g/mol. The van der Waals surface area contributed by atoms with Crippen molar-refractivity contribution in [2.75, 3.05) is 0 Å². The van der Waals surface area contributed by atoms with Crippen LogP contribution < -0.4 is 0 Å². The van der Waals surface area contributed by atoms with Gasteiger partial charge in [-0.25, -0.2) is 0 Å². The summed E-state index contributed by atoms with van der Waals surface area (Å²) >= 11 is 0. The summed E-state index contributed by atoms with van der Waals surface area (Å²) in [6, 6.07) is 0. The van der Waals surface area contributed by atoms with Crippen LogP contribution in [-0.2, 0) is 9.22 Å². The molecule has 0 radical (unpaired) electrons. The highest BCUT2D eigenvalue weighted by molar-refractivity contribution is 6.74. The van der Waals surface area contributed by atoms with Crippen molar-refractivity contribution in [2.45, 2.75) is 79.1 Å². The Bertz CT molecular complexity index is 476. The van der Waals surface area contributed by atoms with Gasteiger partial charge in [0.2, 0.25) is 0 Å². The average Bonchev–Trinajstić information content (AvgIpc) is 2.44. The van der Waals surface area contributed by atoms with Crippen LogP contribution in [0.3, 0.4) is 0 Å². The summed E-state index contributed by atoms with van der Waals surface area (Å²) in [6.45, 7) is 19.7. The second-order valence-electron chi connectivity index (χ2n) is 8.50. The molecule has 3 heteroatoms. The maximum Gasteiger partial charge on any atom is 0.192 e. The molecule has 1 unspecified atom stereocenters. The van der Waals surface area contributed by atoms with Crippen molar-refractivity contribution in [2.24, 2.45) is 5.41 Å². The summed E-state index contributed by atoms with van der Waals surface area (Å²) in [5.41, 5.74) is 2.63. The molecule has 0 saturated carbocycles. The third-order valence-corrected chi connectivity index (χ3v) is 9.55. The third-order valence-electron chi connectivity index (χ3n) is 5.06. The summed E-state index contributed by atoms with van der Waals surface area (Å²) < 4.78 is 6.61. The zero-order valence-corrected chi connectivity index (χ0v) is 16.3. The van der Waals surface area contributed by atoms with E-state index in [4.69, 9.17) is 4.43 Å². The van der Waals surface area contributed by atoms with Gasteiger partial charge in [0.1, 0.15) is 0 Å². The standard InChI is InChI=1S/C18H32O2Si/c1-13(19)10-11-15-14(2)16(12-18(15,6)7)20-21(8,9)17(3,4)5/h10-11,16H,12H2,1-9H3. The molecule has 21 heavy (non-hydrogen) atoms. The predicted octanol–water partition coefficient (Wildman–Crippen LogP) is 5.27. The minimum Gasteiger partial charge on any atom is -0.410 e. The van der Waals surface area contributed by atoms with E-state index < -0.39 is 8.32 Å². The summed E-state index contributed by atoms with van der Waals surface area (Å²) in [6.07, 6.45) is 4.86. The quantitative estimate of drug-likeness (QED) is 0.522. The topological polar surface area (TPSA) is 26.3 Å². The van der Waals surface area contributed by atoms with Gasteiger partial charge in [0, 0.05) is 0 Å². The van der Waals surface area contributed by atoms with E-state index in [0.29, 0.717) is 0 Å². The highest BCUT2D eigenvalue weighted by Crippen LogP contribution is 2.47. The van der Waals surface area contributed by atoms with Crippen LogP contribution in [0.25, 0.3) is 0 Å². The lowest BCUT2D eigenvalue weighted by Gasteiger charge is -2.39. The van der Waals surface area contributed by atoms with Gasteiger partial charge in [-0.05, 0) is 61.0 Å². The van der Waals surface area contributed by atoms with Crippen molar-refractivity contribution in [3.8, 4) is 0 Å². The maximum atomic E-state index is 11.2. The SMILES string of the molecule is CC(=O)C=CC1=C(C)C(O[Si](C)(C)C(C)(C)C)CC1(C)C. The van der Waals surface area contributed by atoms with E-state index in [0.717, 1.165) is 6.42 Å². The lowest BCUT2D eigenvalue weighted by molar-refractivity contribution is -0.112. The van der Waals surface area contributed by atoms with Gasteiger partial charge in [0.15, 0.2) is 14.1 Å². The Morgan fingerprint density at radius 3 is 2.29 bits per heavy atom. The molecule has 1 rings (SSSR count). The first-order valence-electron chi connectivity index (χ1n) is 7.86. The number of hydrogen-bond donors (Lipinski definition) is 0. The molecule has 0 saturated heterocycles. The van der Waals surface area contributed by atoms with Crippen LogP contribution in [0.2, 0.25) is 18.1 Å². The number of carbonyl (C=O) groups is 1. The van der Waals surface area contributed by atoms with E-state index in [1.54, 1.807) is 13.0 Å². The smallest absolute Gasteiger partial charge is 0.192 e. The van der Waals surface area contributed by atoms with E-state index in [-0.39, 0.29) is 22.3 Å². The number of allylic oxidation sites excluding steroid dienone is 3. The Morgan fingerprint density at radius 1 is 1.33 bits per heavy atom. The Morgan fingerprint density at radius 2 is 1.86 bits per heavy atom. The van der Waals surface area contributed by atoms with Gasteiger partial charge < -0.3 is 4.43 Å². The molecule has 1 atom stereocenters. The molecule has 0 spiro atoms. The highest BCUT2D eigenvalue weighted by atomic mass is 28.4. The number of hydrogen-bond acceptors (Lipinski definition) is 2. The van der Waals surface area contributed by atoms with E-state index in [1.165, 1.54) is 11.1 Å². The van der Waals surface area contributed by atoms with Crippen LogP contribution >= 0.6 is 0 Å². The normalized spacial score (nSPS) is 23.2. The van der Waals surface area contributed by atoms with Crippen LogP contribution in [0.1, 0.15) is 54.9 Å². The van der Waals surface area contributed by atoms with E-state index in [9.17, 15) is 4.79 Å². The molecule has 1 aliphatic carbocycles. The Hall–Kier alpha value is -0.673. The van der Waals surface area contributed by atoms with Gasteiger partial charge in [-0.3, -0.25) is 4.79 Å². The highest BCUT2D eigenvalue weighted by Gasteiger charge is 2.44. The molecular formula is C18H32O2Si. The number of ketones is 1. The van der Waals surface area contributed by atoms with Crippen LogP contribution in [0.15, 0.2) is 23.3 Å². The Balaban J connectivity index is 3.06. The summed E-state index contributed by atoms with van der Waals surface area (Å²) in [5.74, 6) is 0.0971. The van der Waals surface area contributed by atoms with Gasteiger partial charge in [-0.2, -0.15) is 0 Å². The van der Waals surface area contributed by atoms with Gasteiger partial charge >= 0.3 is 0 Å². The molecule has 0 bridgehead atoms. The van der Waals surface area contributed by atoms with Crippen molar-refractivity contribution in [3.05, 3.63) is 23.3 Å². The molecule has 1 aliphatic rings. The first kappa shape index (κ1) is 18.4. The predicted molar refractivity (Wildman–Crippen MR) is 93.0 cm³/mol. The molecular weight excluding hydrogens is 276 g/mol. The first-order valence-corrected chi connectivity index (χ1v) is 10.8. The minimum absolute atomic E-state index is 0.0725. The summed E-state index contributed by atoms with van der Waals surface area (Å²) in [5, 5.41) is 0.218. The van der Waals surface area contributed by atoms with Crippen molar-refractivity contribution in [1.82, 2.24) is 0 Å². The summed E-state index contributed by atoms with van der Waals surface area (Å²) in [7, 11) is -1.77. The fraction of sp³-hybridized carbons (Fsp3) is 0.722. The zero-order chi connectivity index (χ0) is 16.6. The Kier molecular flexibility index (Phi) is 5.11. The summed E-state index contributed by atoms with van der Waals surface area (Å²) in [4.78, 5) is 11.2. The van der Waals surface area contributed by atoms with Gasteiger partial charge in [0.25, 0.3) is 0 Å². The van der Waals surface area contributed by atoms with Gasteiger partial charge in [0.05, 0.1) is 6.10 Å². The minimum atomic E-state index is -1.77. The Labute approximate surface area is 131 Å². The van der Waals surface area contributed by atoms with Crippen molar-refractivity contribution in [1.29, 1.82) is 0 Å². The van der Waals surface area contributed by atoms with Crippen molar-refractivity contribution in [3.63, 3.8) is 0 Å². The van der Waals surface area contributed by atoms with Crippen LogP contribution in [0.4, 0.5) is 0 Å². The van der Waals surface area contributed by atoms with Gasteiger partial charge in [-0.1, -0.05) is 40.7 Å². The largest absolute Gasteiger partial charge is 0.410 e. The molecule has 0 fully saturated rings. The molecule has 0 aromatic rings. The van der Waals surface area contributed by atoms with E-state index >= 15 is 0 Å². The van der Waals surface area contributed by atoms with Crippen molar-refractivity contribution >= 4 is 14.1 Å². The fourth-order valence-corrected chi connectivity index (χ4v) is 3.98. The molecule has 2 nitrogen and oxygen atoms in total. The fourth-order valence-electron chi connectivity index (χ4n) is 2.65. The van der Waals surface area contributed by atoms with Gasteiger partial charge in [-0.15, -0.1) is 0 Å². The molecule has 0 N–H and O–H groups in total. The zero-order valence-electron chi connectivity index (χ0n) is 15.3. The molecule has 0 aromatic carbocycles. The third kappa shape index (κ3) is 4.16. The van der Waals surface area contributed by atoms with Crippen molar-refractivity contribution < 1.29 is 9.22 Å². The monoisotopic (exact) mass is 308 g/mol. The maximum absolute atomic E-state index is 11.2. The molecule has 0 aromatic heterocycles. The van der Waals surface area contributed by atoms with Crippen LogP contribution in [0, 0.1) is 5.41 Å². The molecule has 0 heterocycles. The number of rotatable bonds is 4. The van der Waals surface area contributed by atoms with Crippen LogP contribution in [-0.4, -0.2) is 20.2 Å². The number of carbonyl (C=O) groups excluding carboxylic acids is 1. The lowest BCUT2D eigenvalue weighted by atomic mass is 9.85.